The Morgan fingerprint density at radius 1 is 0.653 bits per heavy atom. The topological polar surface area (TPSA) is 102 Å². The van der Waals surface area contributed by atoms with Gasteiger partial charge < -0.3 is 28.6 Å². The zero-order valence-corrected chi connectivity index (χ0v) is 31.6. The van der Waals surface area contributed by atoms with Crippen LogP contribution < -0.4 is 5.11 Å². The standard InChI is InChI=1S/C41H69NO7/c1-6-8-10-12-14-16-18-19-20-22-23-25-27-29-31-39(43)48-36-37(35-47-34-33-38(41(45)46)42(3,4)5)49-40(44)32-30-28-26-24-21-17-15-13-11-9-7-2/h8,10,13-17,19-21,37-38H,6-7,9,11-12,18,22-36H2,1-5H3/b10-8+,15-13+,16-14+,20-19+,21-17+. The van der Waals surface area contributed by atoms with Crippen LogP contribution >= 0.6 is 0 Å². The number of carboxylic acid groups (broad SMARTS) is 1. The van der Waals surface area contributed by atoms with E-state index in [1.165, 1.54) is 12.8 Å². The molecule has 2 atom stereocenters. The summed E-state index contributed by atoms with van der Waals surface area (Å²) in [5.74, 6) is -1.81. The fourth-order valence-electron chi connectivity index (χ4n) is 4.94. The third kappa shape index (κ3) is 30.8. The maximum Gasteiger partial charge on any atom is 0.306 e. The molecule has 0 aliphatic carbocycles. The molecule has 0 rings (SSSR count). The lowest BCUT2D eigenvalue weighted by Gasteiger charge is -2.34. The van der Waals surface area contributed by atoms with Crippen LogP contribution in [0, 0.1) is 0 Å². The number of aliphatic carboxylic acids is 1. The van der Waals surface area contributed by atoms with Gasteiger partial charge in [0.25, 0.3) is 0 Å². The highest BCUT2D eigenvalue weighted by Gasteiger charge is 2.25. The summed E-state index contributed by atoms with van der Waals surface area (Å²) in [5.41, 5.74) is 0. The third-order valence-electron chi connectivity index (χ3n) is 7.92. The molecule has 0 saturated heterocycles. The number of carboxylic acids is 1. The van der Waals surface area contributed by atoms with E-state index in [4.69, 9.17) is 14.2 Å². The van der Waals surface area contributed by atoms with Crippen LogP contribution in [-0.2, 0) is 28.6 Å². The lowest BCUT2D eigenvalue weighted by molar-refractivity contribution is -0.889. The summed E-state index contributed by atoms with van der Waals surface area (Å²) < 4.78 is 17.0. The number of unbranched alkanes of at least 4 members (excludes halogenated alkanes) is 9. The Bertz CT molecular complexity index is 990. The van der Waals surface area contributed by atoms with Crippen LogP contribution in [0.2, 0.25) is 0 Å². The van der Waals surface area contributed by atoms with Gasteiger partial charge in [-0.25, -0.2) is 0 Å². The molecule has 0 aromatic heterocycles. The maximum absolute atomic E-state index is 12.6. The lowest BCUT2D eigenvalue weighted by Crippen LogP contribution is -2.55. The number of nitrogens with zero attached hydrogens (tertiary/aromatic N) is 1. The second kappa shape index (κ2) is 32.2. The first-order valence-electron chi connectivity index (χ1n) is 18.8. The Hall–Kier alpha value is -2.97. The average Bonchev–Trinajstić information content (AvgIpc) is 3.05. The Labute approximate surface area is 298 Å². The van der Waals surface area contributed by atoms with E-state index in [2.05, 4.69) is 74.6 Å². The van der Waals surface area contributed by atoms with Gasteiger partial charge in [0, 0.05) is 19.3 Å². The molecule has 8 heteroatoms. The highest BCUT2D eigenvalue weighted by molar-refractivity contribution is 5.70. The monoisotopic (exact) mass is 688 g/mol. The molecule has 49 heavy (non-hydrogen) atoms. The van der Waals surface area contributed by atoms with Gasteiger partial charge in [-0.15, -0.1) is 0 Å². The lowest BCUT2D eigenvalue weighted by atomic mass is 10.1. The number of allylic oxidation sites excluding steroid dienone is 10. The van der Waals surface area contributed by atoms with Crippen molar-refractivity contribution in [1.82, 2.24) is 0 Å². The zero-order valence-electron chi connectivity index (χ0n) is 31.6. The van der Waals surface area contributed by atoms with Crippen LogP contribution in [0.25, 0.3) is 0 Å². The molecule has 0 heterocycles. The Balaban J connectivity index is 4.51. The summed E-state index contributed by atoms with van der Waals surface area (Å²) in [7, 11) is 5.37. The van der Waals surface area contributed by atoms with Crippen LogP contribution in [0.4, 0.5) is 0 Å². The van der Waals surface area contributed by atoms with Gasteiger partial charge in [0.1, 0.15) is 12.6 Å². The van der Waals surface area contributed by atoms with Crippen LogP contribution in [0.1, 0.15) is 129 Å². The summed E-state index contributed by atoms with van der Waals surface area (Å²) in [6, 6.07) is -0.734. The van der Waals surface area contributed by atoms with Gasteiger partial charge in [0.2, 0.25) is 0 Å². The molecule has 0 N–H and O–H groups in total. The van der Waals surface area contributed by atoms with Crippen molar-refractivity contribution >= 4 is 17.9 Å². The van der Waals surface area contributed by atoms with E-state index in [9.17, 15) is 19.5 Å². The normalized spacial score (nSPS) is 13.7. The predicted molar refractivity (Wildman–Crippen MR) is 199 cm³/mol. The van der Waals surface area contributed by atoms with Gasteiger partial charge in [-0.3, -0.25) is 9.59 Å². The van der Waals surface area contributed by atoms with Crippen LogP contribution in [-0.4, -0.2) is 75.5 Å². The Kier molecular flexibility index (Phi) is 30.3. The molecule has 0 bridgehead atoms. The average molecular weight is 688 g/mol. The van der Waals surface area contributed by atoms with Crippen molar-refractivity contribution in [3.63, 3.8) is 0 Å². The summed E-state index contributed by atoms with van der Waals surface area (Å²) in [6.45, 7) is 4.41. The minimum Gasteiger partial charge on any atom is -0.544 e. The summed E-state index contributed by atoms with van der Waals surface area (Å²) in [4.78, 5) is 36.6. The second-order valence-corrected chi connectivity index (χ2v) is 13.5. The van der Waals surface area contributed by atoms with E-state index >= 15 is 0 Å². The first-order valence-corrected chi connectivity index (χ1v) is 18.8. The molecule has 0 saturated carbocycles. The number of carbonyl (C=O) groups is 3. The summed E-state index contributed by atoms with van der Waals surface area (Å²) >= 11 is 0. The quantitative estimate of drug-likeness (QED) is 0.0231. The molecule has 2 unspecified atom stereocenters. The smallest absolute Gasteiger partial charge is 0.306 e. The summed E-state index contributed by atoms with van der Waals surface area (Å²) in [6.07, 6.45) is 36.8. The predicted octanol–water partition coefficient (Wildman–Crippen LogP) is 8.13. The fraction of sp³-hybridized carbons (Fsp3) is 0.683. The number of hydrogen-bond acceptors (Lipinski definition) is 7. The number of quaternary nitrogens is 1. The van der Waals surface area contributed by atoms with Crippen LogP contribution in [0.15, 0.2) is 60.8 Å². The van der Waals surface area contributed by atoms with Gasteiger partial charge >= 0.3 is 11.9 Å². The van der Waals surface area contributed by atoms with E-state index < -0.39 is 18.1 Å². The van der Waals surface area contributed by atoms with E-state index in [0.717, 1.165) is 77.0 Å². The van der Waals surface area contributed by atoms with Crippen LogP contribution in [0.5, 0.6) is 0 Å². The molecular formula is C41H69NO7. The van der Waals surface area contributed by atoms with Gasteiger partial charge in [0.15, 0.2) is 6.10 Å². The molecule has 0 fully saturated rings. The van der Waals surface area contributed by atoms with Crippen molar-refractivity contribution in [3.05, 3.63) is 60.8 Å². The van der Waals surface area contributed by atoms with Crippen molar-refractivity contribution in [2.24, 2.45) is 0 Å². The van der Waals surface area contributed by atoms with Gasteiger partial charge in [0.05, 0.1) is 40.3 Å². The molecule has 0 aliphatic heterocycles. The molecule has 0 radical (unpaired) electrons. The Morgan fingerprint density at radius 3 is 1.82 bits per heavy atom. The number of ether oxygens (including phenoxy) is 3. The number of hydrogen-bond donors (Lipinski definition) is 0. The maximum atomic E-state index is 12.6. The zero-order chi connectivity index (χ0) is 36.4. The van der Waals surface area contributed by atoms with Crippen LogP contribution in [0.3, 0.4) is 0 Å². The van der Waals surface area contributed by atoms with Crippen molar-refractivity contribution < 1.29 is 38.2 Å². The molecule has 0 aliphatic rings. The second-order valence-electron chi connectivity index (χ2n) is 13.5. The Morgan fingerprint density at radius 2 is 1.20 bits per heavy atom. The van der Waals surface area contributed by atoms with Crippen molar-refractivity contribution in [1.29, 1.82) is 0 Å². The van der Waals surface area contributed by atoms with Gasteiger partial charge in [-0.05, 0) is 64.2 Å². The van der Waals surface area contributed by atoms with Crippen molar-refractivity contribution in [2.75, 3.05) is 41.0 Å². The SMILES string of the molecule is CC/C=C/C/C=C/C/C=C/CCCCCCC(=O)OCC(COCCC(C(=O)[O-])[N+](C)(C)C)OC(=O)CCCCC/C=C/C=C/CCCC. The number of esters is 2. The molecule has 0 aromatic carbocycles. The molecule has 0 aromatic rings. The van der Waals surface area contributed by atoms with E-state index in [-0.39, 0.29) is 49.1 Å². The first kappa shape index (κ1) is 46.0. The van der Waals surface area contributed by atoms with Gasteiger partial charge in [-0.1, -0.05) is 107 Å². The van der Waals surface area contributed by atoms with E-state index in [1.807, 2.05) is 0 Å². The summed E-state index contributed by atoms with van der Waals surface area (Å²) in [5, 5.41) is 11.6. The van der Waals surface area contributed by atoms with Crippen molar-refractivity contribution in [3.8, 4) is 0 Å². The number of rotatable bonds is 32. The minimum atomic E-state index is -1.14. The molecule has 0 spiro atoms. The molecule has 8 nitrogen and oxygen atoms in total. The largest absolute Gasteiger partial charge is 0.544 e. The van der Waals surface area contributed by atoms with Crippen molar-refractivity contribution in [2.45, 2.75) is 142 Å². The third-order valence-corrected chi connectivity index (χ3v) is 7.92. The minimum absolute atomic E-state index is 0.0196. The highest BCUT2D eigenvalue weighted by Crippen LogP contribution is 2.11. The molecular weight excluding hydrogens is 618 g/mol. The van der Waals surface area contributed by atoms with E-state index in [0.29, 0.717) is 12.8 Å². The highest BCUT2D eigenvalue weighted by atomic mass is 16.6. The van der Waals surface area contributed by atoms with Gasteiger partial charge in [-0.2, -0.15) is 0 Å². The first-order chi connectivity index (χ1) is 23.6. The molecule has 0 amide bonds. The van der Waals surface area contributed by atoms with E-state index in [1.54, 1.807) is 21.1 Å². The number of carbonyl (C=O) groups excluding carboxylic acids is 3. The molecule has 280 valence electrons. The fourth-order valence-corrected chi connectivity index (χ4v) is 4.94. The number of likely N-dealkylation sites (N-methyl/N-ethyl adjacent to an activating group) is 1.